The van der Waals surface area contributed by atoms with Crippen LogP contribution in [0.4, 0.5) is 0 Å². The molecule has 0 aliphatic heterocycles. The van der Waals surface area contributed by atoms with Gasteiger partial charge in [-0.25, -0.2) is 4.79 Å². The molecule has 0 aliphatic carbocycles. The Balaban J connectivity index is 1.93. The predicted molar refractivity (Wildman–Crippen MR) is 132 cm³/mol. The van der Waals surface area contributed by atoms with Crippen LogP contribution >= 0.6 is 11.8 Å². The van der Waals surface area contributed by atoms with E-state index in [1.54, 1.807) is 36.4 Å². The van der Waals surface area contributed by atoms with Gasteiger partial charge in [-0.15, -0.1) is 0 Å². The number of carboxylic acids is 1. The standard InChI is InChI=1S/C26H31NO4S/c1-19(2)10-9-11-20(3)16-17-32-18-23(26(29)30)27-25(28)22-14-7-8-15-24(22)31-21-12-5-4-6-13-21/h4-8,10,12-16,23H,9,11,17-18H2,1-3H3,(H,27,28)(H,29,30)/b20-16+/t23-/m0/s1. The highest BCUT2D eigenvalue weighted by Gasteiger charge is 2.22. The number of aliphatic carboxylic acids is 1. The average Bonchev–Trinajstić information content (AvgIpc) is 2.76. The number of benzene rings is 2. The van der Waals surface area contributed by atoms with Gasteiger partial charge in [0.05, 0.1) is 5.56 Å². The van der Waals surface area contributed by atoms with E-state index in [2.05, 4.69) is 38.2 Å². The molecule has 0 saturated heterocycles. The molecule has 0 heterocycles. The number of carboxylic acid groups (broad SMARTS) is 1. The van der Waals surface area contributed by atoms with Crippen molar-refractivity contribution in [3.05, 3.63) is 83.5 Å². The van der Waals surface area contributed by atoms with Crippen LogP contribution in [0.5, 0.6) is 11.5 Å². The summed E-state index contributed by atoms with van der Waals surface area (Å²) in [5, 5.41) is 12.2. The second-order valence-electron chi connectivity index (χ2n) is 7.68. The van der Waals surface area contributed by atoms with E-state index in [9.17, 15) is 14.7 Å². The number of carbonyl (C=O) groups excluding carboxylic acids is 1. The molecule has 2 aromatic carbocycles. The molecule has 2 aromatic rings. The van der Waals surface area contributed by atoms with Crippen LogP contribution in [0.15, 0.2) is 77.9 Å². The second kappa shape index (κ2) is 13.4. The van der Waals surface area contributed by atoms with E-state index in [-0.39, 0.29) is 5.75 Å². The fraction of sp³-hybridized carbons (Fsp3) is 0.308. The minimum Gasteiger partial charge on any atom is -0.480 e. The number of carbonyl (C=O) groups is 2. The Morgan fingerprint density at radius 3 is 2.41 bits per heavy atom. The fourth-order valence-electron chi connectivity index (χ4n) is 2.85. The first kappa shape index (κ1) is 25.3. The molecule has 0 spiro atoms. The number of thioether (sulfide) groups is 1. The molecule has 6 heteroatoms. The summed E-state index contributed by atoms with van der Waals surface area (Å²) in [6.07, 6.45) is 6.32. The number of hydrogen-bond acceptors (Lipinski definition) is 4. The molecule has 0 aromatic heterocycles. The van der Waals surface area contributed by atoms with Crippen LogP contribution in [-0.4, -0.2) is 34.5 Å². The van der Waals surface area contributed by atoms with Crippen molar-refractivity contribution < 1.29 is 19.4 Å². The lowest BCUT2D eigenvalue weighted by Crippen LogP contribution is -2.42. The van der Waals surface area contributed by atoms with Gasteiger partial charge in [0, 0.05) is 11.5 Å². The van der Waals surface area contributed by atoms with Crippen molar-refractivity contribution in [1.29, 1.82) is 0 Å². The maximum absolute atomic E-state index is 12.8. The third kappa shape index (κ3) is 9.02. The monoisotopic (exact) mass is 453 g/mol. The topological polar surface area (TPSA) is 75.6 Å². The Hall–Kier alpha value is -2.99. The molecule has 2 rings (SSSR count). The van der Waals surface area contributed by atoms with Gasteiger partial charge in [0.15, 0.2) is 0 Å². The minimum absolute atomic E-state index is 0.278. The maximum Gasteiger partial charge on any atom is 0.327 e. The predicted octanol–water partition coefficient (Wildman–Crippen LogP) is 6.09. The quantitative estimate of drug-likeness (QED) is 0.300. The zero-order valence-corrected chi connectivity index (χ0v) is 19.7. The SMILES string of the molecule is CC(C)=CCC/C(C)=C/CSC[C@H](NC(=O)c1ccccc1Oc1ccccc1)C(=O)O. The van der Waals surface area contributed by atoms with Crippen molar-refractivity contribution in [2.24, 2.45) is 0 Å². The third-order valence-corrected chi connectivity index (χ3v) is 5.60. The van der Waals surface area contributed by atoms with E-state index >= 15 is 0 Å². The van der Waals surface area contributed by atoms with Crippen molar-refractivity contribution in [3.63, 3.8) is 0 Å². The highest BCUT2D eigenvalue weighted by atomic mass is 32.2. The molecule has 0 unspecified atom stereocenters. The largest absolute Gasteiger partial charge is 0.480 e. The van der Waals surface area contributed by atoms with E-state index in [1.807, 2.05) is 18.2 Å². The lowest BCUT2D eigenvalue weighted by atomic mass is 10.1. The molecule has 0 bridgehead atoms. The van der Waals surface area contributed by atoms with E-state index in [0.717, 1.165) is 12.8 Å². The summed E-state index contributed by atoms with van der Waals surface area (Å²) in [4.78, 5) is 24.5. The third-order valence-electron chi connectivity index (χ3n) is 4.63. The molecule has 32 heavy (non-hydrogen) atoms. The van der Waals surface area contributed by atoms with Crippen molar-refractivity contribution >= 4 is 23.6 Å². The Morgan fingerprint density at radius 2 is 1.72 bits per heavy atom. The normalized spacial score (nSPS) is 12.0. The Kier molecular flexibility index (Phi) is 10.6. The Labute approximate surface area is 194 Å². The van der Waals surface area contributed by atoms with Gasteiger partial charge in [-0.2, -0.15) is 11.8 Å². The van der Waals surface area contributed by atoms with Crippen LogP contribution in [0.3, 0.4) is 0 Å². The number of nitrogens with one attached hydrogen (secondary N) is 1. The average molecular weight is 454 g/mol. The molecule has 170 valence electrons. The number of allylic oxidation sites excluding steroid dienone is 3. The summed E-state index contributed by atoms with van der Waals surface area (Å²) in [5.41, 5.74) is 2.88. The van der Waals surface area contributed by atoms with Gasteiger partial charge in [0.1, 0.15) is 17.5 Å². The van der Waals surface area contributed by atoms with Crippen LogP contribution in [0.1, 0.15) is 44.0 Å². The van der Waals surface area contributed by atoms with Gasteiger partial charge in [-0.3, -0.25) is 4.79 Å². The summed E-state index contributed by atoms with van der Waals surface area (Å²) in [6, 6.07) is 15.0. The first-order valence-corrected chi connectivity index (χ1v) is 11.7. The molecule has 1 atom stereocenters. The Bertz CT molecular complexity index is 949. The van der Waals surface area contributed by atoms with Crippen molar-refractivity contribution in [2.75, 3.05) is 11.5 Å². The molecular weight excluding hydrogens is 422 g/mol. The molecule has 0 aliphatic rings. The molecule has 2 N–H and O–H groups in total. The zero-order chi connectivity index (χ0) is 23.3. The van der Waals surface area contributed by atoms with E-state index in [4.69, 9.17) is 4.74 Å². The highest BCUT2D eigenvalue weighted by Crippen LogP contribution is 2.25. The van der Waals surface area contributed by atoms with E-state index in [1.165, 1.54) is 22.9 Å². The molecule has 0 saturated carbocycles. The molecule has 0 radical (unpaired) electrons. The van der Waals surface area contributed by atoms with Gasteiger partial charge < -0.3 is 15.2 Å². The van der Waals surface area contributed by atoms with Crippen molar-refractivity contribution in [2.45, 2.75) is 39.7 Å². The molecule has 1 amide bonds. The van der Waals surface area contributed by atoms with Gasteiger partial charge in [0.2, 0.25) is 0 Å². The zero-order valence-electron chi connectivity index (χ0n) is 18.8. The van der Waals surface area contributed by atoms with Gasteiger partial charge in [-0.05, 0) is 57.9 Å². The first-order valence-electron chi connectivity index (χ1n) is 10.6. The van der Waals surface area contributed by atoms with E-state index in [0.29, 0.717) is 22.8 Å². The number of para-hydroxylation sites is 2. The summed E-state index contributed by atoms with van der Waals surface area (Å²) < 4.78 is 5.82. The number of hydrogen-bond donors (Lipinski definition) is 2. The maximum atomic E-state index is 12.8. The first-order chi connectivity index (χ1) is 15.4. The number of ether oxygens (including phenoxy) is 1. The smallest absolute Gasteiger partial charge is 0.327 e. The van der Waals surface area contributed by atoms with Gasteiger partial charge in [0.25, 0.3) is 5.91 Å². The van der Waals surface area contributed by atoms with Gasteiger partial charge >= 0.3 is 5.97 Å². The molecule has 0 fully saturated rings. The molecule has 5 nitrogen and oxygen atoms in total. The van der Waals surface area contributed by atoms with Crippen molar-refractivity contribution in [3.8, 4) is 11.5 Å². The number of amides is 1. The highest BCUT2D eigenvalue weighted by molar-refractivity contribution is 7.99. The summed E-state index contributed by atoms with van der Waals surface area (Å²) in [7, 11) is 0. The van der Waals surface area contributed by atoms with Crippen LogP contribution < -0.4 is 10.1 Å². The van der Waals surface area contributed by atoms with Crippen LogP contribution in [0, 0.1) is 0 Å². The second-order valence-corrected chi connectivity index (χ2v) is 8.76. The summed E-state index contributed by atoms with van der Waals surface area (Å²) in [5.74, 6) is 0.427. The molecular formula is C26H31NO4S. The number of rotatable bonds is 12. The lowest BCUT2D eigenvalue weighted by molar-refractivity contribution is -0.138. The van der Waals surface area contributed by atoms with Crippen LogP contribution in [-0.2, 0) is 4.79 Å². The Morgan fingerprint density at radius 1 is 1.03 bits per heavy atom. The van der Waals surface area contributed by atoms with Crippen LogP contribution in [0.25, 0.3) is 0 Å². The fourth-order valence-corrected chi connectivity index (χ4v) is 3.85. The summed E-state index contributed by atoms with van der Waals surface area (Å²) >= 11 is 1.48. The van der Waals surface area contributed by atoms with Gasteiger partial charge in [-0.1, -0.05) is 53.6 Å². The summed E-state index contributed by atoms with van der Waals surface area (Å²) in [6.45, 7) is 6.25. The van der Waals surface area contributed by atoms with Crippen molar-refractivity contribution in [1.82, 2.24) is 5.32 Å². The lowest BCUT2D eigenvalue weighted by Gasteiger charge is -2.16. The van der Waals surface area contributed by atoms with E-state index < -0.39 is 17.9 Å². The van der Waals surface area contributed by atoms with Crippen LogP contribution in [0.2, 0.25) is 0 Å². The minimum atomic E-state index is -1.06.